The zero-order valence-electron chi connectivity index (χ0n) is 14.8. The summed E-state index contributed by atoms with van der Waals surface area (Å²) in [6.07, 6.45) is 3.02. The van der Waals surface area contributed by atoms with Crippen LogP contribution < -0.4 is 5.73 Å². The van der Waals surface area contributed by atoms with Crippen LogP contribution in [0.5, 0.6) is 0 Å². The first-order valence-corrected chi connectivity index (χ1v) is 11.2. The summed E-state index contributed by atoms with van der Waals surface area (Å²) >= 11 is 1.20. The molecule has 1 aromatic heterocycles. The molecule has 2 saturated heterocycles. The van der Waals surface area contributed by atoms with Gasteiger partial charge in [-0.25, -0.2) is 8.42 Å². The number of piperidine rings is 2. The van der Waals surface area contributed by atoms with E-state index in [0.29, 0.717) is 30.3 Å². The number of carbonyl (C=O) groups is 1. The number of sulfonamides is 1. The fourth-order valence-electron chi connectivity index (χ4n) is 3.74. The molecule has 25 heavy (non-hydrogen) atoms. The third kappa shape index (κ3) is 3.63. The second-order valence-electron chi connectivity index (χ2n) is 7.70. The molecule has 2 N–H and O–H groups in total. The van der Waals surface area contributed by atoms with Gasteiger partial charge < -0.3 is 10.6 Å². The summed E-state index contributed by atoms with van der Waals surface area (Å²) in [4.78, 5) is 15.0. The molecule has 3 heterocycles. The van der Waals surface area contributed by atoms with Gasteiger partial charge in [0, 0.05) is 25.7 Å². The molecule has 1 aromatic rings. The number of likely N-dealkylation sites (tertiary alicyclic amines) is 1. The first-order valence-electron chi connectivity index (χ1n) is 8.83. The minimum absolute atomic E-state index is 0.0638. The van der Waals surface area contributed by atoms with Gasteiger partial charge >= 0.3 is 0 Å². The van der Waals surface area contributed by atoms with Crippen LogP contribution in [0.15, 0.2) is 21.7 Å². The minimum atomic E-state index is -3.61. The second kappa shape index (κ2) is 6.98. The van der Waals surface area contributed by atoms with Crippen molar-refractivity contribution in [3.8, 4) is 0 Å². The molecule has 6 nitrogen and oxygen atoms in total. The van der Waals surface area contributed by atoms with E-state index < -0.39 is 16.1 Å². The van der Waals surface area contributed by atoms with Crippen molar-refractivity contribution in [2.45, 2.75) is 55.8 Å². The molecule has 0 spiro atoms. The van der Waals surface area contributed by atoms with Gasteiger partial charge in [-0.2, -0.15) is 4.31 Å². The maximum Gasteiger partial charge on any atom is 0.253 e. The maximum atomic E-state index is 13.2. The molecule has 2 unspecified atom stereocenters. The highest BCUT2D eigenvalue weighted by atomic mass is 32.2. The van der Waals surface area contributed by atoms with Crippen LogP contribution in [0.4, 0.5) is 0 Å². The van der Waals surface area contributed by atoms with Crippen LogP contribution in [-0.4, -0.2) is 55.2 Å². The molecule has 3 rings (SSSR count). The monoisotopic (exact) mass is 385 g/mol. The third-order valence-corrected chi connectivity index (χ3v) is 8.70. The van der Waals surface area contributed by atoms with Gasteiger partial charge in [0.2, 0.25) is 5.91 Å². The Bertz CT molecular complexity index is 716. The van der Waals surface area contributed by atoms with Crippen molar-refractivity contribution in [1.29, 1.82) is 0 Å². The average Bonchev–Trinajstić information content (AvgIpc) is 3.12. The molecular formula is C17H27N3O3S2. The van der Waals surface area contributed by atoms with Gasteiger partial charge in [0.1, 0.15) is 10.3 Å². The van der Waals surface area contributed by atoms with Crippen molar-refractivity contribution in [2.75, 3.05) is 19.6 Å². The summed E-state index contributed by atoms with van der Waals surface area (Å²) < 4.78 is 27.7. The Balaban J connectivity index is 1.83. The van der Waals surface area contributed by atoms with Gasteiger partial charge in [-0.15, -0.1) is 11.3 Å². The summed E-state index contributed by atoms with van der Waals surface area (Å²) in [5, 5.41) is 1.75. The molecule has 0 saturated carbocycles. The van der Waals surface area contributed by atoms with E-state index in [1.165, 1.54) is 15.6 Å². The minimum Gasteiger partial charge on any atom is -0.341 e. The number of carbonyl (C=O) groups excluding carboxylic acids is 1. The molecule has 2 atom stereocenters. The van der Waals surface area contributed by atoms with E-state index in [9.17, 15) is 13.2 Å². The lowest BCUT2D eigenvalue weighted by atomic mass is 9.79. The molecule has 1 amide bonds. The van der Waals surface area contributed by atoms with E-state index in [4.69, 9.17) is 5.73 Å². The quantitative estimate of drug-likeness (QED) is 0.861. The predicted molar refractivity (Wildman–Crippen MR) is 98.8 cm³/mol. The Kier molecular flexibility index (Phi) is 5.26. The molecule has 0 aliphatic carbocycles. The van der Waals surface area contributed by atoms with Crippen LogP contribution in [0.2, 0.25) is 0 Å². The number of thiophene rings is 1. The highest BCUT2D eigenvalue weighted by Crippen LogP contribution is 2.32. The Morgan fingerprint density at radius 3 is 2.68 bits per heavy atom. The van der Waals surface area contributed by atoms with Crippen LogP contribution in [-0.2, 0) is 14.8 Å². The van der Waals surface area contributed by atoms with Gasteiger partial charge in [-0.3, -0.25) is 4.79 Å². The number of rotatable bonds is 3. The summed E-state index contributed by atoms with van der Waals surface area (Å²) in [6.45, 7) is 5.73. The smallest absolute Gasteiger partial charge is 0.253 e. The molecule has 2 aliphatic rings. The summed E-state index contributed by atoms with van der Waals surface area (Å²) in [5.41, 5.74) is 6.02. The fourth-order valence-corrected chi connectivity index (χ4v) is 6.51. The van der Waals surface area contributed by atoms with Crippen molar-refractivity contribution < 1.29 is 13.2 Å². The fraction of sp³-hybridized carbons (Fsp3) is 0.706. The zero-order chi connectivity index (χ0) is 18.2. The summed E-state index contributed by atoms with van der Waals surface area (Å²) in [6, 6.07) is 2.81. The number of hydrogen-bond acceptors (Lipinski definition) is 5. The molecule has 0 bridgehead atoms. The molecule has 0 aromatic carbocycles. The molecule has 2 fully saturated rings. The molecule has 2 aliphatic heterocycles. The number of amides is 1. The lowest BCUT2D eigenvalue weighted by Crippen LogP contribution is -2.59. The Labute approximate surface area is 154 Å². The molecule has 8 heteroatoms. The predicted octanol–water partition coefficient (Wildman–Crippen LogP) is 1.88. The van der Waals surface area contributed by atoms with Crippen molar-refractivity contribution in [3.63, 3.8) is 0 Å². The van der Waals surface area contributed by atoms with Gasteiger partial charge in [0.15, 0.2) is 0 Å². The molecular weight excluding hydrogens is 358 g/mol. The topological polar surface area (TPSA) is 83.7 Å². The SMILES string of the molecule is CC1(C)CN(C(=O)C2CCCCN2S(=O)(=O)c2cccs2)CCC1N. The standard InChI is InChI=1S/C17H27N3O3S2/c1-17(2)12-19(10-8-14(17)18)16(21)13-6-3-4-9-20(13)25(22,23)15-7-5-11-24-15/h5,7,11,13-14H,3-4,6,8-10,12,18H2,1-2H3. The second-order valence-corrected chi connectivity index (χ2v) is 10.8. The van der Waals surface area contributed by atoms with Gasteiger partial charge in [0.05, 0.1) is 0 Å². The number of hydrogen-bond donors (Lipinski definition) is 1. The van der Waals surface area contributed by atoms with E-state index in [0.717, 1.165) is 19.3 Å². The van der Waals surface area contributed by atoms with Crippen molar-refractivity contribution in [1.82, 2.24) is 9.21 Å². The number of nitrogens with two attached hydrogens (primary N) is 1. The molecule has 140 valence electrons. The first-order chi connectivity index (χ1) is 11.7. The van der Waals surface area contributed by atoms with Crippen molar-refractivity contribution in [2.24, 2.45) is 11.1 Å². The highest BCUT2D eigenvalue weighted by Gasteiger charge is 2.43. The van der Waals surface area contributed by atoms with Gasteiger partial charge in [-0.05, 0) is 36.1 Å². The van der Waals surface area contributed by atoms with Gasteiger partial charge in [0.25, 0.3) is 10.0 Å². The number of nitrogens with zero attached hydrogens (tertiary/aromatic N) is 2. The molecule has 0 radical (unpaired) electrons. The highest BCUT2D eigenvalue weighted by molar-refractivity contribution is 7.91. The lowest BCUT2D eigenvalue weighted by molar-refractivity contribution is -0.139. The van der Waals surface area contributed by atoms with E-state index in [-0.39, 0.29) is 17.4 Å². The van der Waals surface area contributed by atoms with Crippen LogP contribution in [0, 0.1) is 5.41 Å². The normalized spacial score (nSPS) is 28.0. The van der Waals surface area contributed by atoms with Crippen LogP contribution >= 0.6 is 11.3 Å². The van der Waals surface area contributed by atoms with Crippen LogP contribution in [0.25, 0.3) is 0 Å². The van der Waals surface area contributed by atoms with E-state index >= 15 is 0 Å². The lowest BCUT2D eigenvalue weighted by Gasteiger charge is -2.45. The Morgan fingerprint density at radius 2 is 2.04 bits per heavy atom. The van der Waals surface area contributed by atoms with Crippen molar-refractivity contribution in [3.05, 3.63) is 17.5 Å². The van der Waals surface area contributed by atoms with E-state index in [1.807, 2.05) is 4.90 Å². The van der Waals surface area contributed by atoms with E-state index in [1.54, 1.807) is 17.5 Å². The zero-order valence-corrected chi connectivity index (χ0v) is 16.5. The summed E-state index contributed by atoms with van der Waals surface area (Å²) in [7, 11) is -3.61. The first kappa shape index (κ1) is 18.8. The Hall–Kier alpha value is -0.960. The largest absolute Gasteiger partial charge is 0.341 e. The third-order valence-electron chi connectivity index (χ3n) is 5.42. The van der Waals surface area contributed by atoms with Crippen LogP contribution in [0.3, 0.4) is 0 Å². The van der Waals surface area contributed by atoms with Crippen LogP contribution in [0.1, 0.15) is 39.5 Å². The van der Waals surface area contributed by atoms with Crippen molar-refractivity contribution >= 4 is 27.3 Å². The average molecular weight is 386 g/mol. The summed E-state index contributed by atoms with van der Waals surface area (Å²) in [5.74, 6) is -0.0696. The maximum absolute atomic E-state index is 13.2. The van der Waals surface area contributed by atoms with Gasteiger partial charge in [-0.1, -0.05) is 26.3 Å². The van der Waals surface area contributed by atoms with E-state index in [2.05, 4.69) is 13.8 Å². The Morgan fingerprint density at radius 1 is 1.28 bits per heavy atom.